The highest BCUT2D eigenvalue weighted by Gasteiger charge is 2.28. The van der Waals surface area contributed by atoms with Gasteiger partial charge in [0.25, 0.3) is 0 Å². The summed E-state index contributed by atoms with van der Waals surface area (Å²) < 4.78 is 1.88. The molecular weight excluding hydrogens is 248 g/mol. The predicted octanol–water partition coefficient (Wildman–Crippen LogP) is 2.16. The van der Waals surface area contributed by atoms with Crippen molar-refractivity contribution in [2.75, 3.05) is 33.2 Å². The minimum atomic E-state index is 0.282. The van der Waals surface area contributed by atoms with Gasteiger partial charge in [-0.05, 0) is 58.8 Å². The van der Waals surface area contributed by atoms with Crippen molar-refractivity contribution in [1.29, 1.82) is 0 Å². The molecule has 2 rings (SSSR count). The van der Waals surface area contributed by atoms with Crippen LogP contribution in [0.5, 0.6) is 0 Å². The lowest BCUT2D eigenvalue weighted by atomic mass is 9.98. The zero-order valence-electron chi connectivity index (χ0n) is 13.6. The lowest BCUT2D eigenvalue weighted by Crippen LogP contribution is -2.53. The smallest absolute Gasteiger partial charge is 0.0522 e. The zero-order valence-corrected chi connectivity index (χ0v) is 13.6. The van der Waals surface area contributed by atoms with Gasteiger partial charge < -0.3 is 4.90 Å². The van der Waals surface area contributed by atoms with Gasteiger partial charge in [-0.15, -0.1) is 0 Å². The predicted molar refractivity (Wildman–Crippen MR) is 83.9 cm³/mol. The van der Waals surface area contributed by atoms with Crippen molar-refractivity contribution in [2.45, 2.75) is 45.1 Å². The summed E-state index contributed by atoms with van der Waals surface area (Å²) >= 11 is 0. The van der Waals surface area contributed by atoms with Crippen LogP contribution in [-0.4, -0.2) is 58.3 Å². The molecule has 1 saturated heterocycles. The first kappa shape index (κ1) is 15.5. The van der Waals surface area contributed by atoms with E-state index in [1.165, 1.54) is 37.9 Å². The Balaban J connectivity index is 1.78. The van der Waals surface area contributed by atoms with Gasteiger partial charge in [0.05, 0.1) is 6.20 Å². The summed E-state index contributed by atoms with van der Waals surface area (Å²) in [7, 11) is 4.22. The summed E-state index contributed by atoms with van der Waals surface area (Å²) in [6.07, 6.45) is 9.31. The zero-order chi connectivity index (χ0) is 14.6. The summed E-state index contributed by atoms with van der Waals surface area (Å²) in [5, 5.41) is 4.23. The maximum absolute atomic E-state index is 4.23. The minimum absolute atomic E-state index is 0.282. The molecule has 0 atom stereocenters. The van der Waals surface area contributed by atoms with Gasteiger partial charge in [0.15, 0.2) is 0 Å². The molecule has 0 amide bonds. The van der Waals surface area contributed by atoms with Crippen molar-refractivity contribution >= 4 is 0 Å². The number of likely N-dealkylation sites (N-methyl/N-ethyl adjacent to an activating group) is 1. The van der Waals surface area contributed by atoms with Gasteiger partial charge in [-0.25, -0.2) is 0 Å². The van der Waals surface area contributed by atoms with E-state index >= 15 is 0 Å². The first-order chi connectivity index (χ1) is 9.47. The van der Waals surface area contributed by atoms with E-state index in [-0.39, 0.29) is 5.54 Å². The highest BCUT2D eigenvalue weighted by Crippen LogP contribution is 2.21. The molecule has 0 unspecified atom stereocenters. The first-order valence-electron chi connectivity index (χ1n) is 7.88. The third-order valence-electron chi connectivity index (χ3n) is 4.41. The number of piperidine rings is 1. The Kier molecular flexibility index (Phi) is 5.22. The number of likely N-dealkylation sites (tertiary alicyclic amines) is 1. The van der Waals surface area contributed by atoms with Crippen molar-refractivity contribution in [2.24, 2.45) is 7.05 Å². The van der Waals surface area contributed by atoms with Crippen molar-refractivity contribution in [3.8, 4) is 0 Å². The van der Waals surface area contributed by atoms with Crippen LogP contribution in [0, 0.1) is 0 Å². The third kappa shape index (κ3) is 4.32. The fourth-order valence-corrected chi connectivity index (χ4v) is 3.26. The molecule has 4 nitrogen and oxygen atoms in total. The lowest BCUT2D eigenvalue weighted by molar-refractivity contribution is 0.0655. The Morgan fingerprint density at radius 2 is 1.95 bits per heavy atom. The summed E-state index contributed by atoms with van der Waals surface area (Å²) in [4.78, 5) is 5.12. The molecule has 0 N–H and O–H groups in total. The number of aryl methyl sites for hydroxylation is 1. The van der Waals surface area contributed by atoms with E-state index in [1.54, 1.807) is 0 Å². The normalized spacial score (nSPS) is 17.9. The number of rotatable bonds is 6. The Morgan fingerprint density at radius 1 is 1.25 bits per heavy atom. The maximum atomic E-state index is 4.23. The number of hydrogen-bond donors (Lipinski definition) is 0. The van der Waals surface area contributed by atoms with Crippen LogP contribution in [0.4, 0.5) is 0 Å². The minimum Gasteiger partial charge on any atom is -0.304 e. The van der Waals surface area contributed by atoms with Gasteiger partial charge in [0.1, 0.15) is 0 Å². The van der Waals surface area contributed by atoms with E-state index in [4.69, 9.17) is 0 Å². The molecule has 1 aromatic rings. The highest BCUT2D eigenvalue weighted by molar-refractivity contribution is 5.04. The highest BCUT2D eigenvalue weighted by atomic mass is 15.2. The Morgan fingerprint density at radius 3 is 2.55 bits per heavy atom. The van der Waals surface area contributed by atoms with Crippen LogP contribution in [-0.2, 0) is 13.5 Å². The van der Waals surface area contributed by atoms with Crippen molar-refractivity contribution in [3.63, 3.8) is 0 Å². The van der Waals surface area contributed by atoms with Crippen LogP contribution in [0.3, 0.4) is 0 Å². The molecule has 1 aromatic heterocycles. The fraction of sp³-hybridized carbons (Fsp3) is 0.812. The molecule has 2 heterocycles. The summed E-state index contributed by atoms with van der Waals surface area (Å²) in [6.45, 7) is 9.54. The van der Waals surface area contributed by atoms with Crippen LogP contribution in [0.2, 0.25) is 0 Å². The molecule has 114 valence electrons. The van der Waals surface area contributed by atoms with Gasteiger partial charge in [-0.1, -0.05) is 6.42 Å². The average Bonchev–Trinajstić information content (AvgIpc) is 2.83. The summed E-state index contributed by atoms with van der Waals surface area (Å²) in [5.41, 5.74) is 1.61. The van der Waals surface area contributed by atoms with E-state index < -0.39 is 0 Å². The average molecular weight is 278 g/mol. The standard InChI is InChI=1S/C16H30N4/c1-16(2,20-9-6-5-7-10-20)14-18(3)11-8-15-12-17-19(4)13-15/h12-13H,5-11,14H2,1-4H3. The number of nitrogens with zero attached hydrogens (tertiary/aromatic N) is 4. The van der Waals surface area contributed by atoms with E-state index in [0.29, 0.717) is 0 Å². The van der Waals surface area contributed by atoms with Crippen molar-refractivity contribution in [3.05, 3.63) is 18.0 Å². The molecule has 0 radical (unpaired) electrons. The number of hydrogen-bond acceptors (Lipinski definition) is 3. The fourth-order valence-electron chi connectivity index (χ4n) is 3.26. The molecule has 0 aromatic carbocycles. The van der Waals surface area contributed by atoms with Crippen molar-refractivity contribution < 1.29 is 0 Å². The Bertz CT molecular complexity index is 404. The second-order valence-corrected chi connectivity index (χ2v) is 6.87. The van der Waals surface area contributed by atoms with Crippen LogP contribution in [0.15, 0.2) is 12.4 Å². The third-order valence-corrected chi connectivity index (χ3v) is 4.41. The van der Waals surface area contributed by atoms with Crippen LogP contribution >= 0.6 is 0 Å². The second-order valence-electron chi connectivity index (χ2n) is 6.87. The van der Waals surface area contributed by atoms with E-state index in [0.717, 1.165) is 19.5 Å². The Hall–Kier alpha value is -0.870. The molecule has 1 fully saturated rings. The largest absolute Gasteiger partial charge is 0.304 e. The molecule has 0 spiro atoms. The van der Waals surface area contributed by atoms with Crippen molar-refractivity contribution in [1.82, 2.24) is 19.6 Å². The van der Waals surface area contributed by atoms with Gasteiger partial charge in [0, 0.05) is 31.9 Å². The molecule has 0 bridgehead atoms. The molecule has 20 heavy (non-hydrogen) atoms. The molecule has 1 aliphatic heterocycles. The Labute approximate surface area is 123 Å². The van der Waals surface area contributed by atoms with Crippen LogP contribution < -0.4 is 0 Å². The number of aromatic nitrogens is 2. The molecule has 0 aliphatic carbocycles. The monoisotopic (exact) mass is 278 g/mol. The second kappa shape index (κ2) is 6.72. The summed E-state index contributed by atoms with van der Waals surface area (Å²) in [6, 6.07) is 0. The SMILES string of the molecule is CN(CCc1cnn(C)c1)CC(C)(C)N1CCCCC1. The molecule has 4 heteroatoms. The van der Waals surface area contributed by atoms with Crippen LogP contribution in [0.25, 0.3) is 0 Å². The molecule has 1 aliphatic rings. The van der Waals surface area contributed by atoms with E-state index in [1.807, 2.05) is 17.9 Å². The van der Waals surface area contributed by atoms with E-state index in [2.05, 4.69) is 42.0 Å². The van der Waals surface area contributed by atoms with Gasteiger partial charge in [-0.3, -0.25) is 9.58 Å². The van der Waals surface area contributed by atoms with Gasteiger partial charge >= 0.3 is 0 Å². The maximum Gasteiger partial charge on any atom is 0.0522 e. The van der Waals surface area contributed by atoms with Crippen LogP contribution in [0.1, 0.15) is 38.7 Å². The van der Waals surface area contributed by atoms with E-state index in [9.17, 15) is 0 Å². The lowest BCUT2D eigenvalue weighted by Gasteiger charge is -2.43. The quantitative estimate of drug-likeness (QED) is 0.797. The van der Waals surface area contributed by atoms with Gasteiger partial charge in [0.2, 0.25) is 0 Å². The molecular formula is C16H30N4. The van der Waals surface area contributed by atoms with Gasteiger partial charge in [-0.2, -0.15) is 5.10 Å². The topological polar surface area (TPSA) is 24.3 Å². The molecule has 0 saturated carbocycles. The first-order valence-corrected chi connectivity index (χ1v) is 7.88. The summed E-state index contributed by atoms with van der Waals surface area (Å²) in [5.74, 6) is 0.